The molecule has 2 aromatic rings. The highest BCUT2D eigenvalue weighted by Crippen LogP contribution is 2.20. The number of aromatic nitrogens is 4. The third-order valence-corrected chi connectivity index (χ3v) is 3.00. The van der Waals surface area contributed by atoms with Crippen LogP contribution in [0.25, 0.3) is 0 Å². The van der Waals surface area contributed by atoms with Gasteiger partial charge in [0.2, 0.25) is 0 Å². The molecule has 22 heavy (non-hydrogen) atoms. The lowest BCUT2D eigenvalue weighted by Crippen LogP contribution is -2.17. The second kappa shape index (κ2) is 6.79. The van der Waals surface area contributed by atoms with Crippen molar-refractivity contribution in [1.29, 1.82) is 0 Å². The number of hydrogen-bond acceptors (Lipinski definition) is 6. The molecule has 8 heteroatoms. The Morgan fingerprint density at radius 1 is 1.32 bits per heavy atom. The van der Waals surface area contributed by atoms with Crippen LogP contribution in [0.1, 0.15) is 28.8 Å². The van der Waals surface area contributed by atoms with Crippen LogP contribution >= 0.6 is 0 Å². The van der Waals surface area contributed by atoms with E-state index >= 15 is 0 Å². The molecule has 2 rings (SSSR count). The van der Waals surface area contributed by atoms with Gasteiger partial charge in [0.25, 0.3) is 5.91 Å². The average molecular weight is 303 g/mol. The first-order valence-corrected chi connectivity index (χ1v) is 6.80. The fourth-order valence-electron chi connectivity index (χ4n) is 1.95. The van der Waals surface area contributed by atoms with Crippen LogP contribution in [0.3, 0.4) is 0 Å². The van der Waals surface area contributed by atoms with E-state index in [0.29, 0.717) is 23.7 Å². The SMILES string of the molecule is CCOC(=O)Cn1nc(C)c(NC(=O)c2cnccn2)c1C. The minimum absolute atomic E-state index is 0.00151. The van der Waals surface area contributed by atoms with E-state index < -0.39 is 0 Å². The second-order valence-corrected chi connectivity index (χ2v) is 4.55. The third-order valence-electron chi connectivity index (χ3n) is 3.00. The van der Waals surface area contributed by atoms with Crippen molar-refractivity contribution in [1.82, 2.24) is 19.7 Å². The van der Waals surface area contributed by atoms with Crippen molar-refractivity contribution in [2.75, 3.05) is 11.9 Å². The molecular formula is C14H17N5O3. The molecule has 0 saturated heterocycles. The first-order valence-electron chi connectivity index (χ1n) is 6.80. The Morgan fingerprint density at radius 3 is 2.73 bits per heavy atom. The molecule has 116 valence electrons. The van der Waals surface area contributed by atoms with Crippen molar-refractivity contribution in [2.24, 2.45) is 0 Å². The van der Waals surface area contributed by atoms with Crippen molar-refractivity contribution in [3.05, 3.63) is 35.7 Å². The number of nitrogens with zero attached hydrogens (tertiary/aromatic N) is 4. The van der Waals surface area contributed by atoms with Gasteiger partial charge in [0.1, 0.15) is 12.2 Å². The Hall–Kier alpha value is -2.77. The van der Waals surface area contributed by atoms with Gasteiger partial charge in [0.05, 0.1) is 29.9 Å². The predicted octanol–water partition coefficient (Wildman–Crippen LogP) is 1.11. The second-order valence-electron chi connectivity index (χ2n) is 4.55. The van der Waals surface area contributed by atoms with Crippen LogP contribution in [0.5, 0.6) is 0 Å². The van der Waals surface area contributed by atoms with Gasteiger partial charge in [-0.15, -0.1) is 0 Å². The summed E-state index contributed by atoms with van der Waals surface area (Å²) in [6, 6.07) is 0. The zero-order valence-corrected chi connectivity index (χ0v) is 12.7. The summed E-state index contributed by atoms with van der Waals surface area (Å²) in [4.78, 5) is 31.4. The Labute approximate surface area is 127 Å². The van der Waals surface area contributed by atoms with E-state index in [1.54, 1.807) is 20.8 Å². The number of aryl methyl sites for hydroxylation is 1. The van der Waals surface area contributed by atoms with Crippen molar-refractivity contribution in [3.8, 4) is 0 Å². The van der Waals surface area contributed by atoms with Crippen LogP contribution in [0, 0.1) is 13.8 Å². The molecule has 1 amide bonds. The molecule has 0 fully saturated rings. The van der Waals surface area contributed by atoms with Crippen LogP contribution in [0.2, 0.25) is 0 Å². The molecule has 2 aromatic heterocycles. The fraction of sp³-hybridized carbons (Fsp3) is 0.357. The number of nitrogens with one attached hydrogen (secondary N) is 1. The van der Waals surface area contributed by atoms with Gasteiger partial charge >= 0.3 is 5.97 Å². The van der Waals surface area contributed by atoms with E-state index in [4.69, 9.17) is 4.74 Å². The Bertz CT molecular complexity index is 681. The molecule has 0 bridgehead atoms. The van der Waals surface area contributed by atoms with Crippen LogP contribution < -0.4 is 5.32 Å². The van der Waals surface area contributed by atoms with E-state index in [1.165, 1.54) is 23.3 Å². The number of hydrogen-bond donors (Lipinski definition) is 1. The lowest BCUT2D eigenvalue weighted by molar-refractivity contribution is -0.144. The van der Waals surface area contributed by atoms with Gasteiger partial charge in [-0.2, -0.15) is 5.10 Å². The Kier molecular flexibility index (Phi) is 4.82. The highest BCUT2D eigenvalue weighted by Gasteiger charge is 2.17. The van der Waals surface area contributed by atoms with Gasteiger partial charge < -0.3 is 10.1 Å². The molecule has 0 unspecified atom stereocenters. The van der Waals surface area contributed by atoms with Crippen molar-refractivity contribution in [2.45, 2.75) is 27.3 Å². The summed E-state index contributed by atoms with van der Waals surface area (Å²) in [5.74, 6) is -0.755. The zero-order chi connectivity index (χ0) is 16.1. The number of carbonyl (C=O) groups is 2. The first kappa shape index (κ1) is 15.6. The van der Waals surface area contributed by atoms with E-state index in [9.17, 15) is 9.59 Å². The van der Waals surface area contributed by atoms with Crippen molar-refractivity contribution < 1.29 is 14.3 Å². The third kappa shape index (κ3) is 3.46. The van der Waals surface area contributed by atoms with E-state index in [1.807, 2.05) is 0 Å². The molecule has 0 radical (unpaired) electrons. The Balaban J connectivity index is 2.17. The van der Waals surface area contributed by atoms with E-state index in [0.717, 1.165) is 0 Å². The fourth-order valence-corrected chi connectivity index (χ4v) is 1.95. The molecule has 0 aliphatic carbocycles. The molecule has 2 heterocycles. The van der Waals surface area contributed by atoms with Crippen molar-refractivity contribution >= 4 is 17.6 Å². The molecule has 8 nitrogen and oxygen atoms in total. The summed E-state index contributed by atoms with van der Waals surface area (Å²) >= 11 is 0. The number of amides is 1. The number of rotatable bonds is 5. The highest BCUT2D eigenvalue weighted by atomic mass is 16.5. The summed E-state index contributed by atoms with van der Waals surface area (Å²) in [5.41, 5.74) is 2.04. The summed E-state index contributed by atoms with van der Waals surface area (Å²) in [7, 11) is 0. The molecule has 0 atom stereocenters. The lowest BCUT2D eigenvalue weighted by Gasteiger charge is -2.06. The largest absolute Gasteiger partial charge is 0.465 e. The minimum atomic E-state index is -0.380. The molecule has 0 saturated carbocycles. The van der Waals surface area contributed by atoms with Gasteiger partial charge in [-0.05, 0) is 20.8 Å². The topological polar surface area (TPSA) is 99.0 Å². The maximum Gasteiger partial charge on any atom is 0.327 e. The predicted molar refractivity (Wildman–Crippen MR) is 78.3 cm³/mol. The highest BCUT2D eigenvalue weighted by molar-refractivity contribution is 6.03. The van der Waals surface area contributed by atoms with E-state index in [-0.39, 0.29) is 24.1 Å². The van der Waals surface area contributed by atoms with Gasteiger partial charge in [0, 0.05) is 12.4 Å². The molecule has 0 aliphatic rings. The van der Waals surface area contributed by atoms with Gasteiger partial charge in [-0.25, -0.2) is 4.98 Å². The molecule has 0 aliphatic heterocycles. The average Bonchev–Trinajstić information content (AvgIpc) is 2.76. The van der Waals surface area contributed by atoms with Gasteiger partial charge in [-0.1, -0.05) is 0 Å². The molecule has 0 spiro atoms. The summed E-state index contributed by atoms with van der Waals surface area (Å²) in [5, 5.41) is 6.99. The monoisotopic (exact) mass is 303 g/mol. The first-order chi connectivity index (χ1) is 10.5. The molecule has 1 N–H and O–H groups in total. The smallest absolute Gasteiger partial charge is 0.327 e. The Morgan fingerprint density at radius 2 is 2.09 bits per heavy atom. The normalized spacial score (nSPS) is 10.3. The number of ether oxygens (including phenoxy) is 1. The van der Waals surface area contributed by atoms with Crippen LogP contribution in [0.15, 0.2) is 18.6 Å². The summed E-state index contributed by atoms with van der Waals surface area (Å²) in [6.07, 6.45) is 4.31. The van der Waals surface area contributed by atoms with E-state index in [2.05, 4.69) is 20.4 Å². The number of esters is 1. The molecule has 0 aromatic carbocycles. The zero-order valence-electron chi connectivity index (χ0n) is 12.7. The van der Waals surface area contributed by atoms with Crippen molar-refractivity contribution in [3.63, 3.8) is 0 Å². The maximum absolute atomic E-state index is 12.1. The van der Waals surface area contributed by atoms with Gasteiger partial charge in [0.15, 0.2) is 0 Å². The standard InChI is InChI=1S/C14H17N5O3/c1-4-22-12(20)8-19-10(3)13(9(2)18-19)17-14(21)11-7-15-5-6-16-11/h5-7H,4,8H2,1-3H3,(H,17,21). The van der Waals surface area contributed by atoms with Crippen LogP contribution in [-0.4, -0.2) is 38.2 Å². The summed E-state index contributed by atoms with van der Waals surface area (Å²) < 4.78 is 6.39. The lowest BCUT2D eigenvalue weighted by atomic mass is 10.3. The van der Waals surface area contributed by atoms with Crippen LogP contribution in [-0.2, 0) is 16.1 Å². The summed E-state index contributed by atoms with van der Waals surface area (Å²) in [6.45, 7) is 5.58. The number of anilines is 1. The minimum Gasteiger partial charge on any atom is -0.465 e. The molecular weight excluding hydrogens is 286 g/mol. The maximum atomic E-state index is 12.1. The van der Waals surface area contributed by atoms with Crippen LogP contribution in [0.4, 0.5) is 5.69 Å². The quantitative estimate of drug-likeness (QED) is 0.831. The van der Waals surface area contributed by atoms with Gasteiger partial charge in [-0.3, -0.25) is 19.3 Å². The number of carbonyl (C=O) groups excluding carboxylic acids is 2.